The van der Waals surface area contributed by atoms with Crippen LogP contribution >= 0.6 is 0 Å². The fourth-order valence-electron chi connectivity index (χ4n) is 1.32. The van der Waals surface area contributed by atoms with Gasteiger partial charge in [0.05, 0.1) is 12.6 Å². The molecule has 1 atom stereocenters. The van der Waals surface area contributed by atoms with Crippen LogP contribution in [0.25, 0.3) is 0 Å². The first-order valence-electron chi connectivity index (χ1n) is 4.39. The van der Waals surface area contributed by atoms with E-state index in [1.54, 1.807) is 11.0 Å². The van der Waals surface area contributed by atoms with Crippen molar-refractivity contribution in [2.75, 3.05) is 25.6 Å². The van der Waals surface area contributed by atoms with Crippen LogP contribution < -0.4 is 10.6 Å². The van der Waals surface area contributed by atoms with Crippen LogP contribution in [-0.2, 0) is 0 Å². The zero-order valence-corrected chi connectivity index (χ0v) is 8.37. The molecule has 0 amide bonds. The number of rotatable bonds is 3. The van der Waals surface area contributed by atoms with Gasteiger partial charge in [-0.05, 0) is 17.7 Å². The Labute approximate surface area is 83.0 Å². The predicted octanol–water partition coefficient (Wildman–Crippen LogP) is 0.884. The highest BCUT2D eigenvalue weighted by molar-refractivity contribution is 5.54. The third kappa shape index (κ3) is 2.21. The second-order valence-corrected chi connectivity index (χ2v) is 3.39. The highest BCUT2D eigenvalue weighted by atomic mass is 19.1. The second-order valence-electron chi connectivity index (χ2n) is 3.39. The fourth-order valence-corrected chi connectivity index (χ4v) is 1.32. The van der Waals surface area contributed by atoms with Crippen LogP contribution in [-0.4, -0.2) is 25.8 Å². The molecule has 0 spiro atoms. The van der Waals surface area contributed by atoms with E-state index in [1.807, 2.05) is 14.1 Å². The van der Waals surface area contributed by atoms with Crippen LogP contribution in [0.15, 0.2) is 18.2 Å². The van der Waals surface area contributed by atoms with E-state index in [1.165, 1.54) is 12.1 Å². The van der Waals surface area contributed by atoms with Crippen molar-refractivity contribution < 1.29 is 9.50 Å². The molecular weight excluding hydrogens is 183 g/mol. The van der Waals surface area contributed by atoms with Crippen LogP contribution in [0.4, 0.5) is 10.1 Å². The third-order valence-corrected chi connectivity index (χ3v) is 2.07. The lowest BCUT2D eigenvalue weighted by Gasteiger charge is -2.20. The average molecular weight is 198 g/mol. The second kappa shape index (κ2) is 4.39. The standard InChI is InChI=1S/C10H15FN2O/c1-13(2)10-5-7(11)3-4-8(10)9(12)6-14/h3-5,9,14H,6,12H2,1-2H3. The van der Waals surface area contributed by atoms with E-state index in [-0.39, 0.29) is 12.4 Å². The number of aliphatic hydroxyl groups excluding tert-OH is 1. The first kappa shape index (κ1) is 10.9. The summed E-state index contributed by atoms with van der Waals surface area (Å²) in [4.78, 5) is 1.77. The van der Waals surface area contributed by atoms with Crippen LogP contribution in [0, 0.1) is 5.82 Å². The van der Waals surface area contributed by atoms with Gasteiger partial charge in [-0.2, -0.15) is 0 Å². The summed E-state index contributed by atoms with van der Waals surface area (Å²) in [6.45, 7) is -0.146. The molecule has 3 N–H and O–H groups in total. The summed E-state index contributed by atoms with van der Waals surface area (Å²) in [5, 5.41) is 8.93. The van der Waals surface area contributed by atoms with Crippen molar-refractivity contribution in [3.8, 4) is 0 Å². The Morgan fingerprint density at radius 3 is 2.64 bits per heavy atom. The lowest BCUT2D eigenvalue weighted by molar-refractivity contribution is 0.268. The van der Waals surface area contributed by atoms with Crippen molar-refractivity contribution in [3.05, 3.63) is 29.6 Å². The molecule has 3 nitrogen and oxygen atoms in total. The minimum atomic E-state index is -0.465. The summed E-state index contributed by atoms with van der Waals surface area (Å²) in [5.41, 5.74) is 7.13. The van der Waals surface area contributed by atoms with Crippen molar-refractivity contribution in [1.82, 2.24) is 0 Å². The Morgan fingerprint density at radius 1 is 1.50 bits per heavy atom. The van der Waals surface area contributed by atoms with E-state index < -0.39 is 6.04 Å². The molecule has 0 saturated heterocycles. The molecule has 0 aliphatic rings. The van der Waals surface area contributed by atoms with Gasteiger partial charge in [-0.3, -0.25) is 0 Å². The van der Waals surface area contributed by atoms with Gasteiger partial charge in [-0.15, -0.1) is 0 Å². The topological polar surface area (TPSA) is 49.5 Å². The molecular formula is C10H15FN2O. The molecule has 78 valence electrons. The SMILES string of the molecule is CN(C)c1cc(F)ccc1C(N)CO. The number of aliphatic hydroxyl groups is 1. The van der Waals surface area contributed by atoms with Gasteiger partial charge in [0.15, 0.2) is 0 Å². The summed E-state index contributed by atoms with van der Waals surface area (Å²) >= 11 is 0. The Bertz CT molecular complexity index is 315. The molecule has 1 aromatic rings. The quantitative estimate of drug-likeness (QED) is 0.758. The number of benzene rings is 1. The zero-order valence-electron chi connectivity index (χ0n) is 8.37. The van der Waals surface area contributed by atoms with Gasteiger partial charge >= 0.3 is 0 Å². The maximum absolute atomic E-state index is 12.9. The molecule has 14 heavy (non-hydrogen) atoms. The van der Waals surface area contributed by atoms with Gasteiger partial charge in [-0.25, -0.2) is 4.39 Å². The normalized spacial score (nSPS) is 12.6. The number of hydrogen-bond acceptors (Lipinski definition) is 3. The van der Waals surface area contributed by atoms with Crippen molar-refractivity contribution in [2.24, 2.45) is 5.73 Å². The Morgan fingerprint density at radius 2 is 2.14 bits per heavy atom. The lowest BCUT2D eigenvalue weighted by Crippen LogP contribution is -2.20. The maximum Gasteiger partial charge on any atom is 0.125 e. The highest BCUT2D eigenvalue weighted by Gasteiger charge is 2.12. The van der Waals surface area contributed by atoms with Gasteiger partial charge in [0.1, 0.15) is 5.82 Å². The van der Waals surface area contributed by atoms with E-state index in [4.69, 9.17) is 10.8 Å². The summed E-state index contributed by atoms with van der Waals surface area (Å²) in [7, 11) is 3.62. The predicted molar refractivity (Wildman–Crippen MR) is 54.7 cm³/mol. The number of halogens is 1. The van der Waals surface area contributed by atoms with E-state index in [0.717, 1.165) is 5.56 Å². The van der Waals surface area contributed by atoms with Crippen LogP contribution in [0.2, 0.25) is 0 Å². The van der Waals surface area contributed by atoms with E-state index in [9.17, 15) is 4.39 Å². The van der Waals surface area contributed by atoms with Gasteiger partial charge in [0.25, 0.3) is 0 Å². The minimum absolute atomic E-state index is 0.146. The molecule has 4 heteroatoms. The smallest absolute Gasteiger partial charge is 0.125 e. The molecule has 0 aliphatic carbocycles. The van der Waals surface area contributed by atoms with Crippen molar-refractivity contribution in [2.45, 2.75) is 6.04 Å². The molecule has 0 saturated carbocycles. The molecule has 0 fully saturated rings. The lowest BCUT2D eigenvalue weighted by atomic mass is 10.1. The van der Waals surface area contributed by atoms with E-state index >= 15 is 0 Å². The zero-order chi connectivity index (χ0) is 10.7. The maximum atomic E-state index is 12.9. The number of hydrogen-bond donors (Lipinski definition) is 2. The van der Waals surface area contributed by atoms with Gasteiger partial charge in [-0.1, -0.05) is 6.07 Å². The van der Waals surface area contributed by atoms with Crippen molar-refractivity contribution in [3.63, 3.8) is 0 Å². The first-order valence-corrected chi connectivity index (χ1v) is 4.39. The van der Waals surface area contributed by atoms with Gasteiger partial charge in [0, 0.05) is 19.8 Å². The molecule has 0 heterocycles. The molecule has 0 bridgehead atoms. The van der Waals surface area contributed by atoms with Crippen molar-refractivity contribution in [1.29, 1.82) is 0 Å². The fraction of sp³-hybridized carbons (Fsp3) is 0.400. The Hall–Kier alpha value is -1.13. The number of nitrogens with zero attached hydrogens (tertiary/aromatic N) is 1. The third-order valence-electron chi connectivity index (χ3n) is 2.07. The summed E-state index contributed by atoms with van der Waals surface area (Å²) in [6, 6.07) is 3.89. The summed E-state index contributed by atoms with van der Waals surface area (Å²) in [6.07, 6.45) is 0. The minimum Gasteiger partial charge on any atom is -0.394 e. The summed E-state index contributed by atoms with van der Waals surface area (Å²) in [5.74, 6) is -0.303. The van der Waals surface area contributed by atoms with E-state index in [2.05, 4.69) is 0 Å². The van der Waals surface area contributed by atoms with Crippen molar-refractivity contribution >= 4 is 5.69 Å². The van der Waals surface area contributed by atoms with Crippen LogP contribution in [0.5, 0.6) is 0 Å². The van der Waals surface area contributed by atoms with Gasteiger partial charge in [0.2, 0.25) is 0 Å². The summed E-state index contributed by atoms with van der Waals surface area (Å²) < 4.78 is 12.9. The Kier molecular flexibility index (Phi) is 3.43. The highest BCUT2D eigenvalue weighted by Crippen LogP contribution is 2.24. The molecule has 0 aromatic heterocycles. The number of nitrogens with two attached hydrogens (primary N) is 1. The largest absolute Gasteiger partial charge is 0.394 e. The average Bonchev–Trinajstić information content (AvgIpc) is 2.16. The Balaban J connectivity index is 3.14. The molecule has 1 rings (SSSR count). The van der Waals surface area contributed by atoms with Crippen LogP contribution in [0.1, 0.15) is 11.6 Å². The van der Waals surface area contributed by atoms with Crippen LogP contribution in [0.3, 0.4) is 0 Å². The molecule has 0 radical (unpaired) electrons. The van der Waals surface area contributed by atoms with E-state index in [0.29, 0.717) is 5.69 Å². The monoisotopic (exact) mass is 198 g/mol. The molecule has 0 aliphatic heterocycles. The molecule has 1 unspecified atom stereocenters. The first-order chi connectivity index (χ1) is 6.56. The number of anilines is 1. The molecule has 1 aromatic carbocycles. The van der Waals surface area contributed by atoms with Gasteiger partial charge < -0.3 is 15.7 Å².